The van der Waals surface area contributed by atoms with Crippen molar-refractivity contribution in [1.82, 2.24) is 15.5 Å². The van der Waals surface area contributed by atoms with Gasteiger partial charge in [0.25, 0.3) is 0 Å². The van der Waals surface area contributed by atoms with E-state index in [0.29, 0.717) is 30.3 Å². The highest BCUT2D eigenvalue weighted by Crippen LogP contribution is 2.29. The number of hydrogen-bond donors (Lipinski definition) is 3. The Hall–Kier alpha value is -1.99. The SMILES string of the molecule is CCNC(=O)N1CCNC(=O)[C@@H]1CC(=O)Nc1cccc(Cl)c1Cl. The number of amides is 4. The highest BCUT2D eigenvalue weighted by molar-refractivity contribution is 6.44. The Labute approximate surface area is 149 Å². The number of piperazine rings is 1. The second-order valence-electron chi connectivity index (χ2n) is 5.19. The molecule has 2 rings (SSSR count). The van der Waals surface area contributed by atoms with Crippen LogP contribution in [0.25, 0.3) is 0 Å². The second-order valence-corrected chi connectivity index (χ2v) is 5.97. The summed E-state index contributed by atoms with van der Waals surface area (Å²) >= 11 is 11.9. The number of rotatable bonds is 4. The van der Waals surface area contributed by atoms with Gasteiger partial charge in [-0.1, -0.05) is 29.3 Å². The number of nitrogens with zero attached hydrogens (tertiary/aromatic N) is 1. The van der Waals surface area contributed by atoms with Gasteiger partial charge < -0.3 is 20.9 Å². The van der Waals surface area contributed by atoms with E-state index in [0.717, 1.165) is 0 Å². The molecule has 9 heteroatoms. The van der Waals surface area contributed by atoms with Crippen LogP contribution in [0.4, 0.5) is 10.5 Å². The number of carbonyl (C=O) groups is 3. The summed E-state index contributed by atoms with van der Waals surface area (Å²) in [5.74, 6) is -0.796. The first-order valence-corrected chi connectivity index (χ1v) is 8.25. The fourth-order valence-electron chi connectivity index (χ4n) is 2.39. The van der Waals surface area contributed by atoms with Gasteiger partial charge in [-0.05, 0) is 19.1 Å². The van der Waals surface area contributed by atoms with Crippen LogP contribution in [-0.4, -0.2) is 48.4 Å². The number of hydrogen-bond acceptors (Lipinski definition) is 3. The molecule has 1 heterocycles. The molecule has 24 heavy (non-hydrogen) atoms. The Morgan fingerprint density at radius 1 is 1.38 bits per heavy atom. The molecule has 1 saturated heterocycles. The molecule has 7 nitrogen and oxygen atoms in total. The zero-order chi connectivity index (χ0) is 17.7. The van der Waals surface area contributed by atoms with Crippen LogP contribution in [0.3, 0.4) is 0 Å². The predicted octanol–water partition coefficient (Wildman–Crippen LogP) is 1.85. The van der Waals surface area contributed by atoms with Crippen molar-refractivity contribution in [2.24, 2.45) is 0 Å². The Balaban J connectivity index is 2.08. The van der Waals surface area contributed by atoms with Crippen molar-refractivity contribution in [3.8, 4) is 0 Å². The van der Waals surface area contributed by atoms with Crippen molar-refractivity contribution in [3.05, 3.63) is 28.2 Å². The molecular formula is C15H18Cl2N4O3. The van der Waals surface area contributed by atoms with Crippen molar-refractivity contribution in [1.29, 1.82) is 0 Å². The molecule has 0 bridgehead atoms. The molecule has 1 aliphatic heterocycles. The minimum absolute atomic E-state index is 0.175. The largest absolute Gasteiger partial charge is 0.353 e. The van der Waals surface area contributed by atoms with E-state index >= 15 is 0 Å². The smallest absolute Gasteiger partial charge is 0.318 e. The summed E-state index contributed by atoms with van der Waals surface area (Å²) in [6, 6.07) is 3.62. The molecule has 1 aliphatic rings. The van der Waals surface area contributed by atoms with Crippen LogP contribution >= 0.6 is 23.2 Å². The molecule has 1 aromatic carbocycles. The van der Waals surface area contributed by atoms with E-state index in [2.05, 4.69) is 16.0 Å². The fraction of sp³-hybridized carbons (Fsp3) is 0.400. The summed E-state index contributed by atoms with van der Waals surface area (Å²) in [5, 5.41) is 8.46. The van der Waals surface area contributed by atoms with E-state index < -0.39 is 11.9 Å². The number of benzene rings is 1. The molecule has 0 saturated carbocycles. The molecule has 1 fully saturated rings. The maximum Gasteiger partial charge on any atom is 0.318 e. The molecule has 1 aromatic rings. The van der Waals surface area contributed by atoms with Crippen molar-refractivity contribution in [3.63, 3.8) is 0 Å². The summed E-state index contributed by atoms with van der Waals surface area (Å²) < 4.78 is 0. The average molecular weight is 373 g/mol. The number of nitrogens with one attached hydrogen (secondary N) is 3. The fourth-order valence-corrected chi connectivity index (χ4v) is 2.74. The molecule has 1 atom stereocenters. The van der Waals surface area contributed by atoms with Crippen LogP contribution < -0.4 is 16.0 Å². The van der Waals surface area contributed by atoms with Crippen molar-refractivity contribution in [2.75, 3.05) is 25.0 Å². The molecule has 4 amide bonds. The first-order valence-electron chi connectivity index (χ1n) is 7.50. The molecule has 0 radical (unpaired) electrons. The standard InChI is InChI=1S/C15H18Cl2N4O3/c1-2-18-15(24)21-7-6-19-14(23)11(21)8-12(22)20-10-5-3-4-9(16)13(10)17/h3-5,11H,2,6-8H2,1H3,(H,18,24)(H,19,23)(H,20,22)/t11-/m0/s1. The van der Waals surface area contributed by atoms with E-state index in [1.807, 2.05) is 0 Å². The number of anilines is 1. The van der Waals surface area contributed by atoms with Gasteiger partial charge in [-0.25, -0.2) is 4.79 Å². The van der Waals surface area contributed by atoms with E-state index in [1.54, 1.807) is 25.1 Å². The van der Waals surface area contributed by atoms with Gasteiger partial charge in [-0.15, -0.1) is 0 Å². The third-order valence-corrected chi connectivity index (χ3v) is 4.34. The van der Waals surface area contributed by atoms with E-state index in [-0.39, 0.29) is 23.4 Å². The van der Waals surface area contributed by atoms with E-state index in [1.165, 1.54) is 4.90 Å². The van der Waals surface area contributed by atoms with Gasteiger partial charge in [0.1, 0.15) is 6.04 Å². The number of halogens is 2. The lowest BCUT2D eigenvalue weighted by molar-refractivity contribution is -0.131. The Kier molecular flexibility index (Phi) is 6.28. The van der Waals surface area contributed by atoms with Gasteiger partial charge in [0, 0.05) is 19.6 Å². The molecule has 0 aromatic heterocycles. The highest BCUT2D eigenvalue weighted by atomic mass is 35.5. The lowest BCUT2D eigenvalue weighted by Gasteiger charge is -2.34. The van der Waals surface area contributed by atoms with Gasteiger partial charge in [0.05, 0.1) is 22.2 Å². The quantitative estimate of drug-likeness (QED) is 0.753. The van der Waals surface area contributed by atoms with Crippen molar-refractivity contribution < 1.29 is 14.4 Å². The predicted molar refractivity (Wildman–Crippen MR) is 92.3 cm³/mol. The van der Waals surface area contributed by atoms with Crippen LogP contribution in [0, 0.1) is 0 Å². The molecule has 0 spiro atoms. The zero-order valence-corrected chi connectivity index (χ0v) is 14.6. The van der Waals surface area contributed by atoms with E-state index in [9.17, 15) is 14.4 Å². The number of urea groups is 1. The van der Waals surface area contributed by atoms with Gasteiger partial charge in [0.2, 0.25) is 11.8 Å². The van der Waals surface area contributed by atoms with Gasteiger partial charge in [0.15, 0.2) is 0 Å². The average Bonchev–Trinajstić information content (AvgIpc) is 2.54. The maximum absolute atomic E-state index is 12.3. The zero-order valence-electron chi connectivity index (χ0n) is 13.1. The normalized spacial score (nSPS) is 17.2. The molecule has 0 unspecified atom stereocenters. The van der Waals surface area contributed by atoms with Crippen LogP contribution in [0.15, 0.2) is 18.2 Å². The molecule has 3 N–H and O–H groups in total. The first kappa shape index (κ1) is 18.4. The minimum atomic E-state index is -0.872. The van der Waals surface area contributed by atoms with Crippen molar-refractivity contribution in [2.45, 2.75) is 19.4 Å². The minimum Gasteiger partial charge on any atom is -0.353 e. The summed E-state index contributed by atoms with van der Waals surface area (Å²) in [7, 11) is 0. The van der Waals surface area contributed by atoms with Gasteiger partial charge in [-0.2, -0.15) is 0 Å². The van der Waals surface area contributed by atoms with Gasteiger partial charge in [-0.3, -0.25) is 9.59 Å². The summed E-state index contributed by atoms with van der Waals surface area (Å²) in [5.41, 5.74) is 0.356. The Bertz CT molecular complexity index is 654. The van der Waals surface area contributed by atoms with Crippen molar-refractivity contribution >= 4 is 46.7 Å². The van der Waals surface area contributed by atoms with Crippen LogP contribution in [-0.2, 0) is 9.59 Å². The van der Waals surface area contributed by atoms with E-state index in [4.69, 9.17) is 23.2 Å². The number of carbonyl (C=O) groups excluding carboxylic acids is 3. The lowest BCUT2D eigenvalue weighted by Crippen LogP contribution is -2.60. The topological polar surface area (TPSA) is 90.5 Å². The Morgan fingerprint density at radius 3 is 2.83 bits per heavy atom. The van der Waals surface area contributed by atoms with Crippen LogP contribution in [0.1, 0.15) is 13.3 Å². The third kappa shape index (κ3) is 4.30. The van der Waals surface area contributed by atoms with Crippen LogP contribution in [0.2, 0.25) is 10.0 Å². The highest BCUT2D eigenvalue weighted by Gasteiger charge is 2.34. The third-order valence-electron chi connectivity index (χ3n) is 3.52. The van der Waals surface area contributed by atoms with Crippen LogP contribution in [0.5, 0.6) is 0 Å². The Morgan fingerprint density at radius 2 is 2.12 bits per heavy atom. The summed E-state index contributed by atoms with van der Waals surface area (Å²) in [6.07, 6.45) is -0.175. The lowest BCUT2D eigenvalue weighted by atomic mass is 10.1. The molecular weight excluding hydrogens is 355 g/mol. The van der Waals surface area contributed by atoms with Gasteiger partial charge >= 0.3 is 6.03 Å². The monoisotopic (exact) mass is 372 g/mol. The summed E-state index contributed by atoms with van der Waals surface area (Å²) in [4.78, 5) is 37.7. The maximum atomic E-state index is 12.3. The first-order chi connectivity index (χ1) is 11.4. The molecule has 0 aliphatic carbocycles. The molecule has 130 valence electrons. The second kappa shape index (κ2) is 8.21. The summed E-state index contributed by atoms with van der Waals surface area (Å²) in [6.45, 7) is 2.92.